The molecule has 3 heterocycles. The highest BCUT2D eigenvalue weighted by atomic mass is 32.1. The van der Waals surface area contributed by atoms with Crippen LogP contribution in [0.15, 0.2) is 22.1 Å². The standard InChI is InChI=1S/C12H12N4OS/c1-6-3-8(7(2)17-6)10-5-18-12(15-10)9-4-14-16-11(9)13/h3-5H,1-2H3,(H3,13,14,16). The minimum absolute atomic E-state index is 0.538. The van der Waals surface area contributed by atoms with Crippen LogP contribution in [0.1, 0.15) is 11.5 Å². The van der Waals surface area contributed by atoms with E-state index in [1.165, 1.54) is 0 Å². The molecule has 92 valence electrons. The Balaban J connectivity index is 2.05. The molecule has 0 saturated heterocycles. The second-order valence-electron chi connectivity index (χ2n) is 4.06. The van der Waals surface area contributed by atoms with E-state index in [0.717, 1.165) is 33.3 Å². The smallest absolute Gasteiger partial charge is 0.129 e. The maximum Gasteiger partial charge on any atom is 0.129 e. The zero-order valence-corrected chi connectivity index (χ0v) is 10.8. The largest absolute Gasteiger partial charge is 0.466 e. The van der Waals surface area contributed by atoms with Crippen LogP contribution in [-0.2, 0) is 0 Å². The lowest BCUT2D eigenvalue weighted by atomic mass is 10.2. The average Bonchev–Trinajstić information content (AvgIpc) is 2.98. The highest BCUT2D eigenvalue weighted by Crippen LogP contribution is 2.33. The summed E-state index contributed by atoms with van der Waals surface area (Å²) >= 11 is 1.54. The third-order valence-corrected chi connectivity index (χ3v) is 3.60. The van der Waals surface area contributed by atoms with Gasteiger partial charge in [-0.15, -0.1) is 11.3 Å². The third kappa shape index (κ3) is 1.70. The minimum atomic E-state index is 0.538. The van der Waals surface area contributed by atoms with E-state index in [2.05, 4.69) is 15.2 Å². The quantitative estimate of drug-likeness (QED) is 0.742. The molecular weight excluding hydrogens is 248 g/mol. The minimum Gasteiger partial charge on any atom is -0.466 e. The number of hydrogen-bond acceptors (Lipinski definition) is 5. The zero-order chi connectivity index (χ0) is 12.7. The molecule has 3 aromatic rings. The summed E-state index contributed by atoms with van der Waals surface area (Å²) in [5, 5.41) is 9.46. The number of aromatic nitrogens is 3. The summed E-state index contributed by atoms with van der Waals surface area (Å²) in [6, 6.07) is 1.99. The van der Waals surface area contributed by atoms with Crippen molar-refractivity contribution in [3.05, 3.63) is 29.2 Å². The highest BCUT2D eigenvalue weighted by Gasteiger charge is 2.14. The number of nitrogens with one attached hydrogen (secondary N) is 1. The van der Waals surface area contributed by atoms with E-state index in [1.807, 2.05) is 25.3 Å². The summed E-state index contributed by atoms with van der Waals surface area (Å²) < 4.78 is 5.51. The fourth-order valence-electron chi connectivity index (χ4n) is 1.87. The van der Waals surface area contributed by atoms with Gasteiger partial charge in [0, 0.05) is 10.9 Å². The Bertz CT molecular complexity index is 695. The van der Waals surface area contributed by atoms with E-state index in [9.17, 15) is 0 Å². The zero-order valence-electron chi connectivity index (χ0n) is 10.0. The van der Waals surface area contributed by atoms with E-state index < -0.39 is 0 Å². The topological polar surface area (TPSA) is 80.7 Å². The number of H-pyrrole nitrogens is 1. The summed E-state index contributed by atoms with van der Waals surface area (Å²) in [4.78, 5) is 4.58. The summed E-state index contributed by atoms with van der Waals surface area (Å²) in [7, 11) is 0. The second-order valence-corrected chi connectivity index (χ2v) is 4.92. The Labute approximate surface area is 108 Å². The van der Waals surface area contributed by atoms with Gasteiger partial charge in [-0.2, -0.15) is 5.10 Å². The van der Waals surface area contributed by atoms with Crippen molar-refractivity contribution in [1.29, 1.82) is 0 Å². The van der Waals surface area contributed by atoms with Gasteiger partial charge in [0.15, 0.2) is 0 Å². The maximum absolute atomic E-state index is 5.78. The Morgan fingerprint density at radius 1 is 1.33 bits per heavy atom. The molecule has 6 heteroatoms. The molecule has 0 unspecified atom stereocenters. The molecule has 0 aliphatic heterocycles. The van der Waals surface area contributed by atoms with Crippen LogP contribution in [0.3, 0.4) is 0 Å². The summed E-state index contributed by atoms with van der Waals surface area (Å²) in [5.74, 6) is 2.31. The van der Waals surface area contributed by atoms with Gasteiger partial charge in [0.25, 0.3) is 0 Å². The molecule has 3 N–H and O–H groups in total. The van der Waals surface area contributed by atoms with Gasteiger partial charge in [-0.3, -0.25) is 5.10 Å². The van der Waals surface area contributed by atoms with Gasteiger partial charge < -0.3 is 10.2 Å². The van der Waals surface area contributed by atoms with E-state index in [0.29, 0.717) is 5.82 Å². The Morgan fingerprint density at radius 3 is 2.78 bits per heavy atom. The van der Waals surface area contributed by atoms with E-state index in [-0.39, 0.29) is 0 Å². The fraction of sp³-hybridized carbons (Fsp3) is 0.167. The van der Waals surface area contributed by atoms with Crippen molar-refractivity contribution >= 4 is 17.2 Å². The number of hydrogen-bond donors (Lipinski definition) is 2. The lowest BCUT2D eigenvalue weighted by Crippen LogP contribution is -1.87. The fourth-order valence-corrected chi connectivity index (χ4v) is 2.72. The third-order valence-electron chi connectivity index (χ3n) is 2.72. The number of rotatable bonds is 2. The second kappa shape index (κ2) is 3.99. The monoisotopic (exact) mass is 260 g/mol. The van der Waals surface area contributed by atoms with Crippen LogP contribution in [0.4, 0.5) is 5.82 Å². The van der Waals surface area contributed by atoms with Crippen molar-refractivity contribution in [1.82, 2.24) is 15.2 Å². The number of nitrogen functional groups attached to an aromatic ring is 1. The molecule has 18 heavy (non-hydrogen) atoms. The Morgan fingerprint density at radius 2 is 2.17 bits per heavy atom. The lowest BCUT2D eigenvalue weighted by molar-refractivity contribution is 0.505. The van der Waals surface area contributed by atoms with Crippen LogP contribution in [0.25, 0.3) is 21.8 Å². The molecule has 0 amide bonds. The molecule has 0 bridgehead atoms. The van der Waals surface area contributed by atoms with Crippen LogP contribution in [-0.4, -0.2) is 15.2 Å². The maximum atomic E-state index is 5.78. The van der Waals surface area contributed by atoms with Crippen molar-refractivity contribution < 1.29 is 4.42 Å². The van der Waals surface area contributed by atoms with Crippen molar-refractivity contribution in [2.24, 2.45) is 0 Å². The van der Waals surface area contributed by atoms with Crippen molar-refractivity contribution in [2.75, 3.05) is 5.73 Å². The van der Waals surface area contributed by atoms with Crippen LogP contribution >= 0.6 is 11.3 Å². The average molecular weight is 260 g/mol. The molecule has 0 aliphatic rings. The number of thiazole rings is 1. The highest BCUT2D eigenvalue weighted by molar-refractivity contribution is 7.13. The van der Waals surface area contributed by atoms with E-state index in [1.54, 1.807) is 17.5 Å². The van der Waals surface area contributed by atoms with Crippen LogP contribution in [0.2, 0.25) is 0 Å². The molecule has 5 nitrogen and oxygen atoms in total. The lowest BCUT2D eigenvalue weighted by Gasteiger charge is -1.93. The molecule has 3 rings (SSSR count). The molecular formula is C12H12N4OS. The first-order valence-electron chi connectivity index (χ1n) is 5.47. The Hall–Kier alpha value is -2.08. The van der Waals surface area contributed by atoms with Gasteiger partial charge in [0.05, 0.1) is 17.5 Å². The van der Waals surface area contributed by atoms with Crippen molar-refractivity contribution in [3.63, 3.8) is 0 Å². The van der Waals surface area contributed by atoms with Gasteiger partial charge >= 0.3 is 0 Å². The number of aromatic amines is 1. The summed E-state index contributed by atoms with van der Waals surface area (Å²) in [5.41, 5.74) is 8.55. The molecule has 3 aromatic heterocycles. The molecule has 0 aromatic carbocycles. The number of aryl methyl sites for hydroxylation is 2. The van der Waals surface area contributed by atoms with Gasteiger partial charge in [0.1, 0.15) is 22.3 Å². The molecule has 0 aliphatic carbocycles. The van der Waals surface area contributed by atoms with Gasteiger partial charge in [-0.1, -0.05) is 0 Å². The van der Waals surface area contributed by atoms with Crippen molar-refractivity contribution in [2.45, 2.75) is 13.8 Å². The molecule has 0 atom stereocenters. The molecule has 0 spiro atoms. The number of anilines is 1. The SMILES string of the molecule is Cc1cc(-c2csc(-c3cn[nH]c3N)n2)c(C)o1. The molecule has 0 radical (unpaired) electrons. The van der Waals surface area contributed by atoms with Gasteiger partial charge in [-0.05, 0) is 19.9 Å². The number of nitrogens with two attached hydrogens (primary N) is 1. The van der Waals surface area contributed by atoms with Crippen molar-refractivity contribution in [3.8, 4) is 21.8 Å². The number of nitrogens with zero attached hydrogens (tertiary/aromatic N) is 2. The summed E-state index contributed by atoms with van der Waals surface area (Å²) in [6.45, 7) is 3.87. The van der Waals surface area contributed by atoms with E-state index in [4.69, 9.17) is 10.2 Å². The van der Waals surface area contributed by atoms with Gasteiger partial charge in [0.2, 0.25) is 0 Å². The van der Waals surface area contributed by atoms with E-state index >= 15 is 0 Å². The molecule has 0 saturated carbocycles. The first kappa shape index (κ1) is 11.0. The van der Waals surface area contributed by atoms with Crippen LogP contribution in [0.5, 0.6) is 0 Å². The summed E-state index contributed by atoms with van der Waals surface area (Å²) in [6.07, 6.45) is 1.69. The van der Waals surface area contributed by atoms with Crippen LogP contribution < -0.4 is 5.73 Å². The van der Waals surface area contributed by atoms with Crippen LogP contribution in [0, 0.1) is 13.8 Å². The van der Waals surface area contributed by atoms with Gasteiger partial charge in [-0.25, -0.2) is 4.98 Å². The number of furan rings is 1. The normalized spacial score (nSPS) is 11.0. The first-order valence-corrected chi connectivity index (χ1v) is 6.35. The molecule has 0 fully saturated rings. The first-order chi connectivity index (χ1) is 8.65. The predicted molar refractivity (Wildman–Crippen MR) is 71.3 cm³/mol. The predicted octanol–water partition coefficient (Wildman–Crippen LogP) is 2.99. The Kier molecular flexibility index (Phi) is 2.45.